The second-order valence-electron chi connectivity index (χ2n) is 12.5. The monoisotopic (exact) mass is 605 g/mol. The number of halogens is 1. The lowest BCUT2D eigenvalue weighted by molar-refractivity contribution is -0.0447. The van der Waals surface area contributed by atoms with Gasteiger partial charge in [0.15, 0.2) is 20.7 Å². The maximum absolute atomic E-state index is 16.2. The molecule has 3 heterocycles. The van der Waals surface area contributed by atoms with Gasteiger partial charge in [0.2, 0.25) is 5.69 Å². The molecular formula is C25H41FN3O5PS2Si. The third-order valence-electron chi connectivity index (χ3n) is 8.50. The van der Waals surface area contributed by atoms with Gasteiger partial charge in [-0.25, -0.2) is 9.18 Å². The van der Waals surface area contributed by atoms with Crippen molar-refractivity contribution in [3.8, 4) is 0 Å². The van der Waals surface area contributed by atoms with Crippen LogP contribution in [0.5, 0.6) is 0 Å². The molecule has 1 aromatic heterocycles. The Bertz CT molecular complexity index is 1180. The number of allylic oxidation sites excluding steroid dienone is 1. The summed E-state index contributed by atoms with van der Waals surface area (Å²) in [6.45, 7) is 19.1. The van der Waals surface area contributed by atoms with E-state index in [4.69, 9.17) is 35.8 Å². The molecule has 38 heavy (non-hydrogen) atoms. The molecule has 2 aliphatic heterocycles. The quantitative estimate of drug-likeness (QED) is 0.229. The minimum Gasteiger partial charge on any atom is -0.414 e. The highest BCUT2D eigenvalue weighted by Gasteiger charge is 2.57. The van der Waals surface area contributed by atoms with Gasteiger partial charge in [0.25, 0.3) is 0 Å². The summed E-state index contributed by atoms with van der Waals surface area (Å²) in [5.74, 6) is 0.430. The van der Waals surface area contributed by atoms with Gasteiger partial charge >= 0.3 is 5.69 Å². The molecule has 1 aromatic rings. The van der Waals surface area contributed by atoms with Gasteiger partial charge in [0.1, 0.15) is 18.0 Å². The van der Waals surface area contributed by atoms with Crippen LogP contribution in [0.15, 0.2) is 29.2 Å². The van der Waals surface area contributed by atoms with E-state index < -0.39 is 44.3 Å². The minimum atomic E-state index is -2.92. The van der Waals surface area contributed by atoms with Crippen LogP contribution in [0.1, 0.15) is 60.1 Å². The van der Waals surface area contributed by atoms with Crippen LogP contribution in [0.25, 0.3) is 0 Å². The molecule has 8 nitrogen and oxygen atoms in total. The van der Waals surface area contributed by atoms with Crippen LogP contribution in [0, 0.1) is 5.92 Å². The normalized spacial score (nSPS) is 37.8. The lowest BCUT2D eigenvalue weighted by atomic mass is 9.77. The Balaban J connectivity index is 1.59. The fourth-order valence-corrected chi connectivity index (χ4v) is 13.4. The summed E-state index contributed by atoms with van der Waals surface area (Å²) < 4.78 is 42.5. The standard InChI is InChI=1S/C25H41FN3O5PS2Si/c1-15(2)16-9-11-25(6)18(13-16)33-35(36,37-25)34-21-17(14-31-38(7,8)24(3,4)5)32-22(20(21)26)29-12-10-19(27)28-23(29)30/h10,12,16-18,20-22H,1,9,11,13-14H2,2-8H3,(H2,27,28,30)/t16-,17+,18+,20+,21+,22+,25+,35?/m0/s1. The number of rotatable bonds is 7. The SMILES string of the molecule is C=C(C)[C@H]1CC[C@@]2(C)SP(=S)(O[C@H]3[C@@H](F)[C@H](n4ccc(N)nc4=O)O[C@@H]3CO[Si](C)(C)C(C)(C)C)O[C@@H]2C1. The molecule has 3 aliphatic rings. The van der Waals surface area contributed by atoms with Crippen LogP contribution in [0.3, 0.4) is 0 Å². The Kier molecular flexibility index (Phi) is 8.53. The number of anilines is 1. The highest BCUT2D eigenvalue weighted by molar-refractivity contribution is 8.68. The number of aromatic nitrogens is 2. The fraction of sp³-hybridized carbons (Fsp3) is 0.760. The van der Waals surface area contributed by atoms with Crippen LogP contribution in [-0.4, -0.2) is 53.7 Å². The summed E-state index contributed by atoms with van der Waals surface area (Å²) in [7, 11) is -2.18. The largest absolute Gasteiger partial charge is 0.414 e. The fourth-order valence-electron chi connectivity index (χ4n) is 4.89. The number of fused-ring (bicyclic) bond motifs is 1. The van der Waals surface area contributed by atoms with Crippen molar-refractivity contribution in [3.05, 3.63) is 34.9 Å². The van der Waals surface area contributed by atoms with E-state index in [1.807, 2.05) is 6.92 Å². The number of nitrogen functional groups attached to an aromatic ring is 1. The smallest absolute Gasteiger partial charge is 0.351 e. The van der Waals surface area contributed by atoms with Gasteiger partial charge in [-0.1, -0.05) is 44.3 Å². The van der Waals surface area contributed by atoms with Crippen molar-refractivity contribution in [1.29, 1.82) is 0 Å². The topological polar surface area (TPSA) is 97.8 Å². The molecular weight excluding hydrogens is 564 g/mol. The molecule has 2 N–H and O–H groups in total. The first kappa shape index (κ1) is 30.4. The van der Waals surface area contributed by atoms with E-state index in [0.29, 0.717) is 5.92 Å². The third kappa shape index (κ3) is 6.03. The van der Waals surface area contributed by atoms with E-state index in [-0.39, 0.29) is 28.3 Å². The zero-order valence-corrected chi connectivity index (χ0v) is 26.8. The number of ether oxygens (including phenoxy) is 1. The highest BCUT2D eigenvalue weighted by atomic mass is 32.9. The Morgan fingerprint density at radius 2 is 2.16 bits per heavy atom. The number of nitrogens with zero attached hydrogens (tertiary/aromatic N) is 2. The molecule has 0 bridgehead atoms. The van der Waals surface area contributed by atoms with Crippen molar-refractivity contribution >= 4 is 43.0 Å². The molecule has 4 rings (SSSR count). The summed E-state index contributed by atoms with van der Waals surface area (Å²) in [4.78, 5) is 16.3. The van der Waals surface area contributed by atoms with E-state index in [1.54, 1.807) is 0 Å². The summed E-state index contributed by atoms with van der Waals surface area (Å²) in [5.41, 5.74) is 3.17. The van der Waals surface area contributed by atoms with Gasteiger partial charge in [0, 0.05) is 10.9 Å². The number of hydrogen-bond acceptors (Lipinski definition) is 9. The highest BCUT2D eigenvalue weighted by Crippen LogP contribution is 2.76. The van der Waals surface area contributed by atoms with Crippen molar-refractivity contribution in [2.45, 2.75) is 107 Å². The molecule has 8 atom stereocenters. The molecule has 0 spiro atoms. The van der Waals surface area contributed by atoms with Gasteiger partial charge in [-0.15, -0.1) is 0 Å². The van der Waals surface area contributed by atoms with Crippen LogP contribution in [0.4, 0.5) is 10.2 Å². The van der Waals surface area contributed by atoms with Gasteiger partial charge in [-0.05, 0) is 75.0 Å². The van der Waals surface area contributed by atoms with Crippen molar-refractivity contribution in [1.82, 2.24) is 9.55 Å². The molecule has 3 fully saturated rings. The molecule has 1 unspecified atom stereocenters. The van der Waals surface area contributed by atoms with Crippen LogP contribution in [-0.2, 0) is 30.0 Å². The maximum Gasteiger partial charge on any atom is 0.351 e. The molecule has 2 saturated heterocycles. The van der Waals surface area contributed by atoms with Gasteiger partial charge in [-0.2, -0.15) is 4.98 Å². The summed E-state index contributed by atoms with van der Waals surface area (Å²) >= 11 is 7.50. The molecule has 0 amide bonds. The van der Waals surface area contributed by atoms with E-state index >= 15 is 4.39 Å². The number of hydrogen-bond donors (Lipinski definition) is 1. The Morgan fingerprint density at radius 1 is 1.47 bits per heavy atom. The second kappa shape index (κ2) is 10.7. The zero-order chi connectivity index (χ0) is 28.3. The van der Waals surface area contributed by atoms with Crippen LogP contribution < -0.4 is 11.4 Å². The van der Waals surface area contributed by atoms with Gasteiger partial charge < -0.3 is 23.9 Å². The van der Waals surface area contributed by atoms with Crippen molar-refractivity contribution in [2.75, 3.05) is 12.3 Å². The van der Waals surface area contributed by atoms with E-state index in [0.717, 1.165) is 29.4 Å². The predicted molar refractivity (Wildman–Crippen MR) is 157 cm³/mol. The maximum atomic E-state index is 16.2. The van der Waals surface area contributed by atoms with Gasteiger partial charge in [0.05, 0.1) is 12.7 Å². The molecule has 0 radical (unpaired) electrons. The Morgan fingerprint density at radius 3 is 2.76 bits per heavy atom. The molecule has 13 heteroatoms. The average Bonchev–Trinajstić information content (AvgIpc) is 3.23. The van der Waals surface area contributed by atoms with Crippen LogP contribution in [0.2, 0.25) is 18.1 Å². The third-order valence-corrected chi connectivity index (χ3v) is 18.7. The Labute approximate surface area is 235 Å². The molecule has 1 saturated carbocycles. The van der Waals surface area contributed by atoms with E-state index in [9.17, 15) is 4.79 Å². The molecule has 214 valence electrons. The Hall–Kier alpha value is -0.593. The van der Waals surface area contributed by atoms with Crippen molar-refractivity contribution < 1.29 is 22.6 Å². The number of alkyl halides is 1. The molecule has 1 aliphatic carbocycles. The minimum absolute atomic E-state index is 0.0466. The van der Waals surface area contributed by atoms with Crippen molar-refractivity contribution in [3.63, 3.8) is 0 Å². The lowest BCUT2D eigenvalue weighted by Gasteiger charge is -2.37. The number of nitrogens with two attached hydrogens (primary N) is 1. The lowest BCUT2D eigenvalue weighted by Crippen LogP contribution is -2.44. The summed E-state index contributed by atoms with van der Waals surface area (Å²) in [6, 6.07) is 1.44. The first-order valence-corrected chi connectivity index (χ1v) is 20.0. The van der Waals surface area contributed by atoms with Crippen molar-refractivity contribution in [2.24, 2.45) is 5.92 Å². The van der Waals surface area contributed by atoms with Gasteiger partial charge in [-0.3, -0.25) is 4.57 Å². The van der Waals surface area contributed by atoms with E-state index in [2.05, 4.69) is 52.4 Å². The first-order valence-electron chi connectivity index (χ1n) is 13.1. The second-order valence-corrected chi connectivity index (χ2v) is 23.8. The molecule has 0 aromatic carbocycles. The zero-order valence-electron chi connectivity index (χ0n) is 23.3. The first-order chi connectivity index (χ1) is 17.4. The van der Waals surface area contributed by atoms with Crippen LogP contribution >= 0.6 is 17.1 Å². The summed E-state index contributed by atoms with van der Waals surface area (Å²) in [6.07, 6.45) is -0.696. The summed E-state index contributed by atoms with van der Waals surface area (Å²) in [5, 5.41) is -0.0466. The predicted octanol–water partition coefficient (Wildman–Crippen LogP) is 5.96. The van der Waals surface area contributed by atoms with E-state index in [1.165, 1.54) is 23.6 Å². The average molecular weight is 606 g/mol.